The number of nitriles is 1. The molecule has 2 N–H and O–H groups in total. The van der Waals surface area contributed by atoms with Crippen molar-refractivity contribution < 1.29 is 0 Å². The Morgan fingerprint density at radius 3 is 2.38 bits per heavy atom. The van der Waals surface area contributed by atoms with E-state index in [4.69, 9.17) is 5.26 Å². The van der Waals surface area contributed by atoms with Crippen molar-refractivity contribution in [3.63, 3.8) is 0 Å². The maximum atomic E-state index is 9.12. The zero-order valence-electron chi connectivity index (χ0n) is 13.0. The van der Waals surface area contributed by atoms with Gasteiger partial charge >= 0.3 is 0 Å². The second-order valence-electron chi connectivity index (χ2n) is 5.23. The maximum absolute atomic E-state index is 9.12. The van der Waals surface area contributed by atoms with Gasteiger partial charge in [-0.1, -0.05) is 42.5 Å². The van der Waals surface area contributed by atoms with Gasteiger partial charge in [0, 0.05) is 11.9 Å². The Morgan fingerprint density at radius 1 is 1.04 bits per heavy atom. The SMILES string of the molecule is N#CC(=CNc1ccc(CCc2ccccc2)cc1)c1nn[nH]n1. The Hall–Kier alpha value is -3.46. The Bertz CT molecular complexity index is 829. The number of aromatic amines is 1. The number of hydrogen-bond acceptors (Lipinski definition) is 5. The van der Waals surface area contributed by atoms with Crippen LogP contribution in [0.4, 0.5) is 5.69 Å². The number of tetrazole rings is 1. The van der Waals surface area contributed by atoms with E-state index >= 15 is 0 Å². The molecule has 1 aromatic heterocycles. The summed E-state index contributed by atoms with van der Waals surface area (Å²) in [4.78, 5) is 0. The molecule has 0 radical (unpaired) electrons. The summed E-state index contributed by atoms with van der Waals surface area (Å²) in [7, 11) is 0. The third kappa shape index (κ3) is 4.05. The largest absolute Gasteiger partial charge is 0.360 e. The second-order valence-corrected chi connectivity index (χ2v) is 5.23. The highest BCUT2D eigenvalue weighted by Gasteiger charge is 2.05. The highest BCUT2D eigenvalue weighted by molar-refractivity contribution is 5.73. The van der Waals surface area contributed by atoms with Crippen LogP contribution in [0.3, 0.4) is 0 Å². The minimum atomic E-state index is 0.268. The summed E-state index contributed by atoms with van der Waals surface area (Å²) in [6.07, 6.45) is 3.58. The summed E-state index contributed by atoms with van der Waals surface area (Å²) in [6, 6.07) is 20.6. The smallest absolute Gasteiger partial charge is 0.216 e. The summed E-state index contributed by atoms with van der Waals surface area (Å²) in [6.45, 7) is 0. The lowest BCUT2D eigenvalue weighted by Crippen LogP contribution is -1.94. The van der Waals surface area contributed by atoms with E-state index in [-0.39, 0.29) is 5.82 Å². The van der Waals surface area contributed by atoms with E-state index in [0.717, 1.165) is 18.5 Å². The van der Waals surface area contributed by atoms with Crippen LogP contribution >= 0.6 is 0 Å². The lowest BCUT2D eigenvalue weighted by atomic mass is 10.0. The number of rotatable bonds is 6. The monoisotopic (exact) mass is 316 g/mol. The third-order valence-electron chi connectivity index (χ3n) is 3.59. The summed E-state index contributed by atoms with van der Waals surface area (Å²) < 4.78 is 0. The van der Waals surface area contributed by atoms with Crippen LogP contribution in [0.25, 0.3) is 5.57 Å². The van der Waals surface area contributed by atoms with E-state index in [1.165, 1.54) is 11.1 Å². The molecule has 0 bridgehead atoms. The first-order chi connectivity index (χ1) is 11.8. The summed E-state index contributed by atoms with van der Waals surface area (Å²) >= 11 is 0. The van der Waals surface area contributed by atoms with Crippen LogP contribution in [0.2, 0.25) is 0 Å². The highest BCUT2D eigenvalue weighted by Crippen LogP contribution is 2.14. The first-order valence-corrected chi connectivity index (χ1v) is 7.58. The molecule has 0 aliphatic heterocycles. The molecule has 0 saturated heterocycles. The van der Waals surface area contributed by atoms with Gasteiger partial charge in [-0.15, -0.1) is 10.2 Å². The second kappa shape index (κ2) is 7.70. The van der Waals surface area contributed by atoms with E-state index in [2.05, 4.69) is 62.3 Å². The van der Waals surface area contributed by atoms with Crippen molar-refractivity contribution in [2.75, 3.05) is 5.32 Å². The van der Waals surface area contributed by atoms with Gasteiger partial charge in [-0.2, -0.15) is 10.5 Å². The summed E-state index contributed by atoms with van der Waals surface area (Å²) in [5, 5.41) is 25.5. The zero-order valence-corrected chi connectivity index (χ0v) is 13.0. The van der Waals surface area contributed by atoms with Crippen molar-refractivity contribution in [3.05, 3.63) is 77.7 Å². The minimum absolute atomic E-state index is 0.268. The average Bonchev–Trinajstić information content (AvgIpc) is 3.17. The highest BCUT2D eigenvalue weighted by atomic mass is 15.5. The molecule has 118 valence electrons. The molecule has 1 heterocycles. The quantitative estimate of drug-likeness (QED) is 0.682. The fraction of sp³-hybridized carbons (Fsp3) is 0.111. The number of aryl methyl sites for hydroxylation is 2. The predicted octanol–water partition coefficient (Wildman–Crippen LogP) is 2.96. The van der Waals surface area contributed by atoms with Crippen LogP contribution < -0.4 is 5.32 Å². The van der Waals surface area contributed by atoms with E-state index in [9.17, 15) is 0 Å². The number of allylic oxidation sites excluding steroid dienone is 1. The van der Waals surface area contributed by atoms with Crippen LogP contribution in [0.1, 0.15) is 17.0 Å². The molecule has 0 amide bonds. The van der Waals surface area contributed by atoms with Gasteiger partial charge in [0.2, 0.25) is 5.82 Å². The Balaban J connectivity index is 1.59. The lowest BCUT2D eigenvalue weighted by Gasteiger charge is -2.05. The van der Waals surface area contributed by atoms with Crippen molar-refractivity contribution >= 4 is 11.3 Å². The van der Waals surface area contributed by atoms with Crippen molar-refractivity contribution in [1.82, 2.24) is 20.6 Å². The third-order valence-corrected chi connectivity index (χ3v) is 3.59. The number of benzene rings is 2. The Kier molecular flexibility index (Phi) is 4.95. The number of H-pyrrole nitrogens is 1. The van der Waals surface area contributed by atoms with Gasteiger partial charge in [-0.3, -0.25) is 0 Å². The first-order valence-electron chi connectivity index (χ1n) is 7.58. The molecule has 0 aliphatic carbocycles. The maximum Gasteiger partial charge on any atom is 0.216 e. The zero-order chi connectivity index (χ0) is 16.6. The number of nitrogens with one attached hydrogen (secondary N) is 2. The van der Waals surface area contributed by atoms with Gasteiger partial charge in [0.25, 0.3) is 0 Å². The van der Waals surface area contributed by atoms with Gasteiger partial charge in [-0.05, 0) is 41.3 Å². The van der Waals surface area contributed by atoms with E-state index in [1.54, 1.807) is 6.20 Å². The molecule has 2 aromatic carbocycles. The van der Waals surface area contributed by atoms with E-state index in [0.29, 0.717) is 5.57 Å². The molecule has 3 rings (SSSR count). The molecule has 0 atom stereocenters. The van der Waals surface area contributed by atoms with Crippen molar-refractivity contribution in [1.29, 1.82) is 5.26 Å². The van der Waals surface area contributed by atoms with Crippen LogP contribution in [0.5, 0.6) is 0 Å². The Labute approximate surface area is 139 Å². The normalized spacial score (nSPS) is 11.0. The van der Waals surface area contributed by atoms with Gasteiger partial charge in [0.1, 0.15) is 11.6 Å². The Morgan fingerprint density at radius 2 is 1.75 bits per heavy atom. The van der Waals surface area contributed by atoms with Crippen molar-refractivity contribution in [2.24, 2.45) is 0 Å². The molecule has 6 heteroatoms. The molecular weight excluding hydrogens is 300 g/mol. The van der Waals surface area contributed by atoms with Crippen molar-refractivity contribution in [2.45, 2.75) is 12.8 Å². The van der Waals surface area contributed by atoms with Gasteiger partial charge in [-0.25, -0.2) is 0 Å². The topological polar surface area (TPSA) is 90.3 Å². The number of hydrogen-bond donors (Lipinski definition) is 2. The summed E-state index contributed by atoms with van der Waals surface area (Å²) in [5.74, 6) is 0.268. The van der Waals surface area contributed by atoms with Crippen LogP contribution in [0, 0.1) is 11.3 Å². The van der Waals surface area contributed by atoms with Crippen molar-refractivity contribution in [3.8, 4) is 6.07 Å². The number of anilines is 1. The fourth-order valence-electron chi connectivity index (χ4n) is 2.28. The molecule has 0 fully saturated rings. The van der Waals surface area contributed by atoms with Crippen LogP contribution in [-0.2, 0) is 12.8 Å². The standard InChI is InChI=1S/C18H16N6/c19-12-16(18-21-23-24-22-18)13-20-17-10-8-15(9-11-17)7-6-14-4-2-1-3-5-14/h1-5,8-11,13,20H,6-7H2,(H,21,22,23,24). The minimum Gasteiger partial charge on any atom is -0.360 e. The van der Waals surface area contributed by atoms with Crippen LogP contribution in [-0.4, -0.2) is 20.6 Å². The van der Waals surface area contributed by atoms with Crippen LogP contribution in [0.15, 0.2) is 60.8 Å². The average molecular weight is 316 g/mol. The van der Waals surface area contributed by atoms with E-state index in [1.807, 2.05) is 24.3 Å². The van der Waals surface area contributed by atoms with Gasteiger partial charge in [0.15, 0.2) is 0 Å². The van der Waals surface area contributed by atoms with Gasteiger partial charge in [0.05, 0.1) is 0 Å². The first kappa shape index (κ1) is 15.4. The molecule has 6 nitrogen and oxygen atoms in total. The fourth-order valence-corrected chi connectivity index (χ4v) is 2.28. The molecule has 3 aromatic rings. The number of aromatic nitrogens is 4. The van der Waals surface area contributed by atoms with Gasteiger partial charge < -0.3 is 5.32 Å². The molecule has 0 saturated carbocycles. The molecule has 0 spiro atoms. The molecule has 24 heavy (non-hydrogen) atoms. The molecule has 0 aliphatic rings. The van der Waals surface area contributed by atoms with E-state index < -0.39 is 0 Å². The lowest BCUT2D eigenvalue weighted by molar-refractivity contribution is 0.881. The summed E-state index contributed by atoms with van der Waals surface area (Å²) in [5.41, 5.74) is 3.82. The molecule has 0 unspecified atom stereocenters. The number of nitrogens with zero attached hydrogens (tertiary/aromatic N) is 4. The molecular formula is C18H16N6. The predicted molar refractivity (Wildman–Crippen MR) is 91.7 cm³/mol.